The van der Waals surface area contributed by atoms with E-state index < -0.39 is 5.82 Å². The Morgan fingerprint density at radius 3 is 2.90 bits per heavy atom. The maximum absolute atomic E-state index is 13.3. The lowest BCUT2D eigenvalue weighted by Gasteiger charge is -2.05. The molecule has 0 saturated heterocycles. The van der Waals surface area contributed by atoms with Crippen molar-refractivity contribution in [1.29, 1.82) is 0 Å². The average molecular weight is 293 g/mol. The highest BCUT2D eigenvalue weighted by Crippen LogP contribution is 2.15. The van der Waals surface area contributed by atoms with Crippen LogP contribution in [0.2, 0.25) is 0 Å². The Morgan fingerprint density at radius 1 is 1.45 bits per heavy atom. The molecule has 7 heteroatoms. The smallest absolute Gasteiger partial charge is 0.251 e. The number of H-pyrrole nitrogens is 1. The van der Waals surface area contributed by atoms with Crippen LogP contribution in [0.5, 0.6) is 0 Å². The standard InChI is InChI=1S/C13H12FN3O2S/c1-8-6-11(18)17-13(15-8)20-7-12(19)16-10-5-3-2-4-9(10)14/h2-6H,7H2,1H3,(H,16,19)(H,15,17,18). The monoisotopic (exact) mass is 293 g/mol. The van der Waals surface area contributed by atoms with E-state index in [0.717, 1.165) is 11.8 Å². The summed E-state index contributed by atoms with van der Waals surface area (Å²) in [6, 6.07) is 7.28. The van der Waals surface area contributed by atoms with Crippen LogP contribution in [0.4, 0.5) is 10.1 Å². The number of benzene rings is 1. The Morgan fingerprint density at radius 2 is 2.20 bits per heavy atom. The van der Waals surface area contributed by atoms with Crippen molar-refractivity contribution in [2.24, 2.45) is 0 Å². The van der Waals surface area contributed by atoms with Crippen LogP contribution in [0.15, 0.2) is 40.3 Å². The highest BCUT2D eigenvalue weighted by molar-refractivity contribution is 7.99. The number of aryl methyl sites for hydroxylation is 1. The number of carbonyl (C=O) groups is 1. The minimum absolute atomic E-state index is 0.0285. The molecule has 0 atom stereocenters. The molecule has 104 valence electrons. The van der Waals surface area contributed by atoms with Crippen molar-refractivity contribution in [3.05, 3.63) is 52.2 Å². The van der Waals surface area contributed by atoms with Gasteiger partial charge in [-0.15, -0.1) is 0 Å². The molecule has 0 saturated carbocycles. The van der Waals surface area contributed by atoms with Gasteiger partial charge in [0.1, 0.15) is 5.82 Å². The minimum atomic E-state index is -0.493. The molecule has 0 unspecified atom stereocenters. The van der Waals surface area contributed by atoms with E-state index in [9.17, 15) is 14.0 Å². The average Bonchev–Trinajstić information content (AvgIpc) is 2.38. The number of thioether (sulfide) groups is 1. The number of nitrogens with zero attached hydrogens (tertiary/aromatic N) is 1. The molecule has 1 aromatic carbocycles. The predicted octanol–water partition coefficient (Wildman–Crippen LogP) is 1.95. The number of para-hydroxylation sites is 1. The lowest BCUT2D eigenvalue weighted by Crippen LogP contribution is -2.16. The van der Waals surface area contributed by atoms with Crippen molar-refractivity contribution in [1.82, 2.24) is 9.97 Å². The van der Waals surface area contributed by atoms with Gasteiger partial charge in [-0.1, -0.05) is 23.9 Å². The van der Waals surface area contributed by atoms with Crippen LogP contribution in [0, 0.1) is 12.7 Å². The molecule has 20 heavy (non-hydrogen) atoms. The van der Waals surface area contributed by atoms with Gasteiger partial charge in [-0.2, -0.15) is 0 Å². The van der Waals surface area contributed by atoms with Crippen LogP contribution in [0.1, 0.15) is 5.69 Å². The van der Waals surface area contributed by atoms with Gasteiger partial charge in [0.2, 0.25) is 5.91 Å². The zero-order chi connectivity index (χ0) is 14.5. The third kappa shape index (κ3) is 3.92. The summed E-state index contributed by atoms with van der Waals surface area (Å²) in [6.07, 6.45) is 0. The molecule has 2 rings (SSSR count). The first-order valence-corrected chi connectivity index (χ1v) is 6.78. The molecule has 0 aliphatic heterocycles. The van der Waals surface area contributed by atoms with Crippen molar-refractivity contribution in [3.63, 3.8) is 0 Å². The third-order valence-electron chi connectivity index (χ3n) is 2.34. The fraction of sp³-hybridized carbons (Fsp3) is 0.154. The van der Waals surface area contributed by atoms with Gasteiger partial charge in [0.15, 0.2) is 5.16 Å². The van der Waals surface area contributed by atoms with E-state index in [1.54, 1.807) is 19.1 Å². The minimum Gasteiger partial charge on any atom is -0.323 e. The van der Waals surface area contributed by atoms with E-state index in [4.69, 9.17) is 0 Å². The van der Waals surface area contributed by atoms with Crippen LogP contribution < -0.4 is 10.9 Å². The van der Waals surface area contributed by atoms with Gasteiger partial charge in [0.25, 0.3) is 5.56 Å². The van der Waals surface area contributed by atoms with Gasteiger partial charge < -0.3 is 10.3 Å². The third-order valence-corrected chi connectivity index (χ3v) is 3.21. The summed E-state index contributed by atoms with van der Waals surface area (Å²) >= 11 is 1.08. The van der Waals surface area contributed by atoms with Crippen molar-refractivity contribution >= 4 is 23.4 Å². The number of rotatable bonds is 4. The van der Waals surface area contributed by atoms with Crippen molar-refractivity contribution in [2.75, 3.05) is 11.1 Å². The van der Waals surface area contributed by atoms with Crippen LogP contribution in [0.25, 0.3) is 0 Å². The molecule has 0 radical (unpaired) electrons. The van der Waals surface area contributed by atoms with Crippen molar-refractivity contribution < 1.29 is 9.18 Å². The SMILES string of the molecule is Cc1cc(=O)[nH]c(SCC(=O)Nc2ccccc2F)n1. The van der Waals surface area contributed by atoms with Gasteiger partial charge in [0.05, 0.1) is 11.4 Å². The first kappa shape index (κ1) is 14.3. The second-order valence-electron chi connectivity index (χ2n) is 4.01. The molecule has 0 spiro atoms. The van der Waals surface area contributed by atoms with Crippen molar-refractivity contribution in [2.45, 2.75) is 12.1 Å². The number of nitrogens with one attached hydrogen (secondary N) is 2. The topological polar surface area (TPSA) is 74.8 Å². The summed E-state index contributed by atoms with van der Waals surface area (Å²) in [5.74, 6) is -0.835. The maximum Gasteiger partial charge on any atom is 0.251 e. The number of anilines is 1. The second kappa shape index (κ2) is 6.33. The Hall–Kier alpha value is -2.15. The number of hydrogen-bond donors (Lipinski definition) is 2. The normalized spacial score (nSPS) is 10.3. The lowest BCUT2D eigenvalue weighted by atomic mass is 10.3. The molecule has 1 heterocycles. The zero-order valence-corrected chi connectivity index (χ0v) is 11.5. The lowest BCUT2D eigenvalue weighted by molar-refractivity contribution is -0.113. The first-order valence-electron chi connectivity index (χ1n) is 5.80. The van der Waals surface area contributed by atoms with E-state index in [1.807, 2.05) is 0 Å². The number of aromatic amines is 1. The quantitative estimate of drug-likeness (QED) is 0.667. The van der Waals surface area contributed by atoms with Crippen molar-refractivity contribution in [3.8, 4) is 0 Å². The molecule has 0 aliphatic carbocycles. The number of carbonyl (C=O) groups excluding carboxylic acids is 1. The van der Waals surface area contributed by atoms with Crippen LogP contribution >= 0.6 is 11.8 Å². The summed E-state index contributed by atoms with van der Waals surface area (Å²) in [7, 11) is 0. The zero-order valence-electron chi connectivity index (χ0n) is 10.6. The summed E-state index contributed by atoms with van der Waals surface area (Å²) < 4.78 is 13.3. The molecule has 1 aromatic heterocycles. The first-order chi connectivity index (χ1) is 9.54. The number of halogens is 1. The molecule has 0 aliphatic rings. The summed E-state index contributed by atoms with van der Waals surface area (Å²) in [5.41, 5.74) is 0.434. The highest BCUT2D eigenvalue weighted by Gasteiger charge is 2.08. The Bertz CT molecular complexity index is 687. The van der Waals surface area contributed by atoms with Gasteiger partial charge >= 0.3 is 0 Å². The van der Waals surface area contributed by atoms with E-state index in [-0.39, 0.29) is 22.9 Å². The fourth-order valence-corrected chi connectivity index (χ4v) is 2.22. The highest BCUT2D eigenvalue weighted by atomic mass is 32.2. The summed E-state index contributed by atoms with van der Waals surface area (Å²) in [4.78, 5) is 29.5. The van der Waals surface area contributed by atoms with Crippen LogP contribution in [-0.2, 0) is 4.79 Å². The molecule has 1 amide bonds. The second-order valence-corrected chi connectivity index (χ2v) is 4.97. The van der Waals surface area contributed by atoms with E-state index in [2.05, 4.69) is 15.3 Å². The molecule has 2 N–H and O–H groups in total. The van der Waals surface area contributed by atoms with Gasteiger partial charge in [-0.05, 0) is 19.1 Å². The molecule has 0 bridgehead atoms. The molecule has 5 nitrogen and oxygen atoms in total. The number of aromatic nitrogens is 2. The molecule has 2 aromatic rings. The van der Waals surface area contributed by atoms with Gasteiger partial charge in [-0.25, -0.2) is 9.37 Å². The Kier molecular flexibility index (Phi) is 4.52. The number of amides is 1. The predicted molar refractivity (Wildman–Crippen MR) is 75.3 cm³/mol. The Labute approximate surface area is 118 Å². The fourth-order valence-electron chi connectivity index (χ4n) is 1.50. The van der Waals surface area contributed by atoms with Crippen LogP contribution in [-0.4, -0.2) is 21.6 Å². The van der Waals surface area contributed by atoms with E-state index >= 15 is 0 Å². The maximum atomic E-state index is 13.3. The number of hydrogen-bond acceptors (Lipinski definition) is 4. The largest absolute Gasteiger partial charge is 0.323 e. The molecule has 0 fully saturated rings. The van der Waals surface area contributed by atoms with E-state index in [1.165, 1.54) is 18.2 Å². The van der Waals surface area contributed by atoms with E-state index in [0.29, 0.717) is 10.9 Å². The van der Waals surface area contributed by atoms with Gasteiger partial charge in [0, 0.05) is 11.8 Å². The summed E-state index contributed by atoms with van der Waals surface area (Å²) in [5, 5.41) is 2.82. The molecular weight excluding hydrogens is 281 g/mol. The van der Waals surface area contributed by atoms with Crippen LogP contribution in [0.3, 0.4) is 0 Å². The molecular formula is C13H12FN3O2S. The summed E-state index contributed by atoms with van der Waals surface area (Å²) in [6.45, 7) is 1.69. The van der Waals surface area contributed by atoms with Gasteiger partial charge in [-0.3, -0.25) is 9.59 Å². The Balaban J connectivity index is 1.96.